The van der Waals surface area contributed by atoms with Gasteiger partial charge in [-0.25, -0.2) is 0 Å². The van der Waals surface area contributed by atoms with Crippen molar-refractivity contribution < 1.29 is 5.11 Å². The maximum atomic E-state index is 9.14. The number of rotatable bonds is 2. The summed E-state index contributed by atoms with van der Waals surface area (Å²) < 4.78 is 0. The molecule has 0 amide bonds. The molecule has 0 radical (unpaired) electrons. The third-order valence-electron chi connectivity index (χ3n) is 2.28. The van der Waals surface area contributed by atoms with Gasteiger partial charge in [0.15, 0.2) is 0 Å². The van der Waals surface area contributed by atoms with E-state index in [1.54, 1.807) is 0 Å². The quantitative estimate of drug-likeness (QED) is 0.649. The number of hydrogen-bond acceptors (Lipinski definition) is 2. The van der Waals surface area contributed by atoms with Crippen molar-refractivity contribution in [2.75, 3.05) is 19.6 Å². The van der Waals surface area contributed by atoms with Crippen molar-refractivity contribution in [3.8, 4) is 0 Å². The highest BCUT2D eigenvalue weighted by atomic mass is 16.3. The van der Waals surface area contributed by atoms with Crippen molar-refractivity contribution in [2.45, 2.75) is 33.3 Å². The fourth-order valence-corrected chi connectivity index (χ4v) is 1.75. The van der Waals surface area contributed by atoms with Gasteiger partial charge in [-0.1, -0.05) is 13.8 Å². The van der Waals surface area contributed by atoms with Crippen LogP contribution in [0.3, 0.4) is 0 Å². The molecule has 1 heterocycles. The summed E-state index contributed by atoms with van der Waals surface area (Å²) in [4.78, 5) is 2.34. The largest absolute Gasteiger partial charge is 0.392 e. The number of aliphatic hydroxyl groups excluding tert-OH is 1. The first-order chi connectivity index (χ1) is 4.99. The van der Waals surface area contributed by atoms with E-state index in [0.717, 1.165) is 19.6 Å². The molecule has 1 aliphatic heterocycles. The molecule has 0 aromatic heterocycles. The molecule has 1 N–H and O–H groups in total. The molecule has 1 saturated heterocycles. The van der Waals surface area contributed by atoms with E-state index in [2.05, 4.69) is 18.7 Å². The van der Waals surface area contributed by atoms with E-state index in [1.807, 2.05) is 6.92 Å². The van der Waals surface area contributed by atoms with Gasteiger partial charge in [0.05, 0.1) is 6.10 Å². The molecule has 0 saturated carbocycles. The Morgan fingerprint density at radius 3 is 2.55 bits per heavy atom. The van der Waals surface area contributed by atoms with Gasteiger partial charge in [-0.15, -0.1) is 0 Å². The molecule has 0 aromatic carbocycles. The Morgan fingerprint density at radius 2 is 2.18 bits per heavy atom. The van der Waals surface area contributed by atoms with Crippen LogP contribution in [0.25, 0.3) is 0 Å². The van der Waals surface area contributed by atoms with Crippen LogP contribution in [0.1, 0.15) is 27.2 Å². The second-order valence-corrected chi connectivity index (χ2v) is 4.50. The summed E-state index contributed by atoms with van der Waals surface area (Å²) in [5.74, 6) is 0. The van der Waals surface area contributed by atoms with Gasteiger partial charge in [0.1, 0.15) is 0 Å². The predicted molar refractivity (Wildman–Crippen MR) is 46.5 cm³/mol. The molecule has 1 unspecified atom stereocenters. The molecule has 66 valence electrons. The fraction of sp³-hybridized carbons (Fsp3) is 1.00. The number of aliphatic hydroxyl groups is 1. The minimum absolute atomic E-state index is 0.177. The normalized spacial score (nSPS) is 27.3. The average molecular weight is 157 g/mol. The molecule has 1 atom stereocenters. The van der Waals surface area contributed by atoms with E-state index >= 15 is 0 Å². The van der Waals surface area contributed by atoms with Gasteiger partial charge in [-0.2, -0.15) is 0 Å². The first-order valence-electron chi connectivity index (χ1n) is 4.40. The van der Waals surface area contributed by atoms with E-state index < -0.39 is 0 Å². The van der Waals surface area contributed by atoms with Crippen LogP contribution < -0.4 is 0 Å². The number of hydrogen-bond donors (Lipinski definition) is 1. The smallest absolute Gasteiger partial charge is 0.0639 e. The van der Waals surface area contributed by atoms with Gasteiger partial charge in [-0.05, 0) is 25.3 Å². The average Bonchev–Trinajstić information content (AvgIpc) is 2.08. The van der Waals surface area contributed by atoms with E-state index in [0.29, 0.717) is 5.41 Å². The molecular weight excluding hydrogens is 138 g/mol. The van der Waals surface area contributed by atoms with Crippen LogP contribution in [0.15, 0.2) is 0 Å². The highest BCUT2D eigenvalue weighted by molar-refractivity contribution is 4.82. The topological polar surface area (TPSA) is 23.5 Å². The lowest BCUT2D eigenvalue weighted by Gasteiger charge is -2.20. The molecule has 0 aromatic rings. The summed E-state index contributed by atoms with van der Waals surface area (Å²) in [6, 6.07) is 0. The molecular formula is C9H19NO. The van der Waals surface area contributed by atoms with E-state index in [4.69, 9.17) is 5.11 Å². The number of β-amino-alcohol motifs (C(OH)–C–C–N with tert-alkyl or cyclic N) is 1. The van der Waals surface area contributed by atoms with Crippen molar-refractivity contribution in [3.05, 3.63) is 0 Å². The zero-order valence-corrected chi connectivity index (χ0v) is 7.80. The standard InChI is InChI=1S/C9H19NO/c1-8(11)6-10-5-4-9(2,3)7-10/h8,11H,4-7H2,1-3H3. The summed E-state index contributed by atoms with van der Waals surface area (Å²) in [6.45, 7) is 9.55. The Morgan fingerprint density at radius 1 is 1.55 bits per heavy atom. The molecule has 0 spiro atoms. The van der Waals surface area contributed by atoms with Crippen molar-refractivity contribution in [3.63, 3.8) is 0 Å². The Kier molecular flexibility index (Phi) is 2.55. The second-order valence-electron chi connectivity index (χ2n) is 4.50. The van der Waals surface area contributed by atoms with Crippen molar-refractivity contribution in [1.82, 2.24) is 4.90 Å². The predicted octanol–water partition coefficient (Wildman–Crippen LogP) is 1.10. The molecule has 0 aliphatic carbocycles. The maximum Gasteiger partial charge on any atom is 0.0639 e. The van der Waals surface area contributed by atoms with Crippen molar-refractivity contribution in [1.29, 1.82) is 0 Å². The van der Waals surface area contributed by atoms with Gasteiger partial charge in [-0.3, -0.25) is 0 Å². The van der Waals surface area contributed by atoms with Gasteiger partial charge in [0, 0.05) is 13.1 Å². The maximum absolute atomic E-state index is 9.14. The highest BCUT2D eigenvalue weighted by Crippen LogP contribution is 2.28. The number of nitrogens with zero attached hydrogens (tertiary/aromatic N) is 1. The van der Waals surface area contributed by atoms with Crippen molar-refractivity contribution >= 4 is 0 Å². The summed E-state index contributed by atoms with van der Waals surface area (Å²) in [5.41, 5.74) is 0.467. The monoisotopic (exact) mass is 157 g/mol. The highest BCUT2D eigenvalue weighted by Gasteiger charge is 2.29. The van der Waals surface area contributed by atoms with E-state index in [1.165, 1.54) is 6.42 Å². The summed E-state index contributed by atoms with van der Waals surface area (Å²) in [5, 5.41) is 9.14. The van der Waals surface area contributed by atoms with Gasteiger partial charge in [0.25, 0.3) is 0 Å². The first kappa shape index (κ1) is 9.01. The van der Waals surface area contributed by atoms with Gasteiger partial charge >= 0.3 is 0 Å². The SMILES string of the molecule is CC(O)CN1CCC(C)(C)C1. The third kappa shape index (κ3) is 2.80. The van der Waals surface area contributed by atoms with Crippen LogP contribution in [0.4, 0.5) is 0 Å². The number of likely N-dealkylation sites (tertiary alicyclic amines) is 1. The van der Waals surface area contributed by atoms with Crippen LogP contribution in [-0.2, 0) is 0 Å². The lowest BCUT2D eigenvalue weighted by Crippen LogP contribution is -2.30. The summed E-state index contributed by atoms with van der Waals surface area (Å²) in [6.07, 6.45) is 1.09. The minimum atomic E-state index is -0.177. The van der Waals surface area contributed by atoms with Crippen molar-refractivity contribution in [2.24, 2.45) is 5.41 Å². The van der Waals surface area contributed by atoms with E-state index in [-0.39, 0.29) is 6.10 Å². The Labute approximate surface area is 69.2 Å². The summed E-state index contributed by atoms with van der Waals surface area (Å²) >= 11 is 0. The van der Waals surface area contributed by atoms with Crippen LogP contribution in [0, 0.1) is 5.41 Å². The first-order valence-corrected chi connectivity index (χ1v) is 4.40. The third-order valence-corrected chi connectivity index (χ3v) is 2.28. The molecule has 1 fully saturated rings. The Bertz CT molecular complexity index is 132. The molecule has 2 nitrogen and oxygen atoms in total. The van der Waals surface area contributed by atoms with Crippen LogP contribution in [0.5, 0.6) is 0 Å². The van der Waals surface area contributed by atoms with Crippen LogP contribution in [0.2, 0.25) is 0 Å². The van der Waals surface area contributed by atoms with Crippen LogP contribution in [-0.4, -0.2) is 35.7 Å². The molecule has 0 bridgehead atoms. The molecule has 1 aliphatic rings. The lowest BCUT2D eigenvalue weighted by atomic mass is 9.93. The minimum Gasteiger partial charge on any atom is -0.392 e. The molecule has 2 heteroatoms. The zero-order chi connectivity index (χ0) is 8.48. The van der Waals surface area contributed by atoms with E-state index in [9.17, 15) is 0 Å². The molecule has 11 heavy (non-hydrogen) atoms. The summed E-state index contributed by atoms with van der Waals surface area (Å²) in [7, 11) is 0. The lowest BCUT2D eigenvalue weighted by molar-refractivity contribution is 0.135. The van der Waals surface area contributed by atoms with Gasteiger partial charge < -0.3 is 10.0 Å². The van der Waals surface area contributed by atoms with Crippen LogP contribution >= 0.6 is 0 Å². The Hall–Kier alpha value is -0.0800. The zero-order valence-electron chi connectivity index (χ0n) is 7.80. The van der Waals surface area contributed by atoms with Gasteiger partial charge in [0.2, 0.25) is 0 Å². The Balaban J connectivity index is 2.31. The second kappa shape index (κ2) is 3.11. The molecule has 1 rings (SSSR count). The fourth-order valence-electron chi connectivity index (χ4n) is 1.75.